The minimum atomic E-state index is -4.64. The summed E-state index contributed by atoms with van der Waals surface area (Å²) in [6.45, 7) is -0.00595. The number of anilines is 1. The predicted octanol–water partition coefficient (Wildman–Crippen LogP) is 1.78. The maximum absolute atomic E-state index is 12.7. The van der Waals surface area contributed by atoms with Gasteiger partial charge in [0.1, 0.15) is 6.61 Å². The third-order valence-electron chi connectivity index (χ3n) is 2.80. The summed E-state index contributed by atoms with van der Waals surface area (Å²) < 4.78 is 62.9. The fourth-order valence-corrected chi connectivity index (χ4v) is 2.24. The average Bonchev–Trinajstić information content (AvgIpc) is 2.45. The van der Waals surface area contributed by atoms with Crippen molar-refractivity contribution in [1.82, 2.24) is 4.90 Å². The Morgan fingerprint density at radius 3 is 2.64 bits per heavy atom. The van der Waals surface area contributed by atoms with E-state index < -0.39 is 28.7 Å². The molecule has 120 valence electrons. The molecule has 0 spiro atoms. The molecule has 2 rings (SSSR count). The molecule has 1 heterocycles. The molecule has 10 heteroatoms. The lowest BCUT2D eigenvalue weighted by Crippen LogP contribution is -2.33. The molecular formula is C12H11F3N2O4S. The highest BCUT2D eigenvalue weighted by Gasteiger charge is 2.32. The standard InChI is InChI=1S/C12H11F3N2O4S/c13-12(14,15)8-3-7(4-9(16)5-8)11(18)17-1-2-21-10(6-17)22(19)20/h3-6H,1-2,16H2,(H,19,20). The van der Waals surface area contributed by atoms with Crippen LogP contribution in [-0.2, 0) is 22.0 Å². The molecule has 6 nitrogen and oxygen atoms in total. The molecule has 1 aromatic carbocycles. The first-order valence-corrected chi connectivity index (χ1v) is 7.03. The Labute approximate surface area is 125 Å². The van der Waals surface area contributed by atoms with Gasteiger partial charge in [0.15, 0.2) is 0 Å². The highest BCUT2D eigenvalue weighted by atomic mass is 32.2. The quantitative estimate of drug-likeness (QED) is 0.634. The topological polar surface area (TPSA) is 92.9 Å². The van der Waals surface area contributed by atoms with Crippen LogP contribution in [0, 0.1) is 0 Å². The first-order chi connectivity index (χ1) is 10.2. The predicted molar refractivity (Wildman–Crippen MR) is 71.7 cm³/mol. The van der Waals surface area contributed by atoms with E-state index in [0.29, 0.717) is 6.07 Å². The molecule has 1 amide bonds. The van der Waals surface area contributed by atoms with Crippen molar-refractivity contribution in [1.29, 1.82) is 0 Å². The highest BCUT2D eigenvalue weighted by molar-refractivity contribution is 7.83. The SMILES string of the molecule is Nc1cc(C(=O)N2C=C(S(=O)O)OCC2)cc(C(F)(F)F)c1. The molecule has 1 atom stereocenters. The molecule has 3 N–H and O–H groups in total. The summed E-state index contributed by atoms with van der Waals surface area (Å²) in [6, 6.07) is 2.51. The van der Waals surface area contributed by atoms with E-state index in [0.717, 1.165) is 23.2 Å². The second kappa shape index (κ2) is 5.97. The van der Waals surface area contributed by atoms with Crippen molar-refractivity contribution in [2.75, 3.05) is 18.9 Å². The molecule has 0 saturated carbocycles. The van der Waals surface area contributed by atoms with E-state index in [9.17, 15) is 22.2 Å². The molecule has 0 fully saturated rings. The first-order valence-electron chi connectivity index (χ1n) is 5.92. The van der Waals surface area contributed by atoms with Crippen LogP contribution in [0.2, 0.25) is 0 Å². The molecule has 1 aromatic rings. The van der Waals surface area contributed by atoms with E-state index in [-0.39, 0.29) is 29.5 Å². The van der Waals surface area contributed by atoms with Crippen LogP contribution < -0.4 is 5.73 Å². The molecular weight excluding hydrogens is 325 g/mol. The monoisotopic (exact) mass is 336 g/mol. The second-order valence-corrected chi connectivity index (χ2v) is 5.29. The van der Waals surface area contributed by atoms with Crippen LogP contribution >= 0.6 is 0 Å². The van der Waals surface area contributed by atoms with Gasteiger partial charge in [0.25, 0.3) is 5.91 Å². The van der Waals surface area contributed by atoms with Gasteiger partial charge >= 0.3 is 6.18 Å². The van der Waals surface area contributed by atoms with Crippen LogP contribution in [0.3, 0.4) is 0 Å². The lowest BCUT2D eigenvalue weighted by Gasteiger charge is -2.24. The van der Waals surface area contributed by atoms with Gasteiger partial charge in [-0.3, -0.25) is 9.35 Å². The van der Waals surface area contributed by atoms with E-state index in [1.165, 1.54) is 0 Å². The van der Waals surface area contributed by atoms with Crippen molar-refractivity contribution in [3.05, 3.63) is 40.6 Å². The number of halogens is 3. The van der Waals surface area contributed by atoms with Crippen LogP contribution in [0.15, 0.2) is 29.5 Å². The number of nitrogens with zero attached hydrogens (tertiary/aromatic N) is 1. The van der Waals surface area contributed by atoms with Crippen LogP contribution in [0.1, 0.15) is 15.9 Å². The highest BCUT2D eigenvalue weighted by Crippen LogP contribution is 2.31. The maximum atomic E-state index is 12.7. The Hall–Kier alpha value is -2.07. The molecule has 1 unspecified atom stereocenters. The number of carbonyl (C=O) groups excluding carboxylic acids is 1. The minimum Gasteiger partial charge on any atom is -0.480 e. The van der Waals surface area contributed by atoms with Crippen molar-refractivity contribution in [2.45, 2.75) is 6.18 Å². The van der Waals surface area contributed by atoms with Crippen molar-refractivity contribution >= 4 is 22.7 Å². The number of ether oxygens (including phenoxy) is 1. The second-order valence-electron chi connectivity index (χ2n) is 4.39. The number of alkyl halides is 3. The van der Waals surface area contributed by atoms with Crippen molar-refractivity contribution in [3.8, 4) is 0 Å². The number of carbonyl (C=O) groups is 1. The Morgan fingerprint density at radius 1 is 1.36 bits per heavy atom. The van der Waals surface area contributed by atoms with Gasteiger partial charge in [-0.2, -0.15) is 13.2 Å². The molecule has 1 aliphatic rings. The fourth-order valence-electron chi connectivity index (χ4n) is 1.83. The van der Waals surface area contributed by atoms with Crippen molar-refractivity contribution < 1.29 is 31.5 Å². The number of nitrogen functional groups attached to an aromatic ring is 1. The fraction of sp³-hybridized carbons (Fsp3) is 0.250. The van der Waals surface area contributed by atoms with E-state index in [2.05, 4.69) is 0 Å². The van der Waals surface area contributed by atoms with Crippen LogP contribution in [0.25, 0.3) is 0 Å². The summed E-state index contributed by atoms with van der Waals surface area (Å²) >= 11 is -2.43. The largest absolute Gasteiger partial charge is 0.480 e. The third kappa shape index (κ3) is 3.57. The molecule has 1 aliphatic heterocycles. The summed E-state index contributed by atoms with van der Waals surface area (Å²) in [4.78, 5) is 13.2. The van der Waals surface area contributed by atoms with Gasteiger partial charge in [-0.05, 0) is 18.2 Å². The third-order valence-corrected chi connectivity index (χ3v) is 3.37. The number of hydrogen-bond acceptors (Lipinski definition) is 4. The lowest BCUT2D eigenvalue weighted by molar-refractivity contribution is -0.137. The number of amides is 1. The van der Waals surface area contributed by atoms with Gasteiger partial charge in [-0.25, -0.2) is 4.21 Å². The van der Waals surface area contributed by atoms with Crippen molar-refractivity contribution in [2.24, 2.45) is 0 Å². The maximum Gasteiger partial charge on any atom is 0.416 e. The number of rotatable bonds is 2. The number of nitrogens with two attached hydrogens (primary N) is 1. The van der Waals surface area contributed by atoms with Gasteiger partial charge in [-0.1, -0.05) is 0 Å². The minimum absolute atomic E-state index is 0.0374. The van der Waals surface area contributed by atoms with Crippen LogP contribution in [-0.4, -0.2) is 32.7 Å². The molecule has 0 bridgehead atoms. The summed E-state index contributed by atoms with van der Waals surface area (Å²) in [5.41, 5.74) is 3.88. The smallest absolute Gasteiger partial charge is 0.416 e. The zero-order valence-corrected chi connectivity index (χ0v) is 11.8. The molecule has 0 saturated heterocycles. The Morgan fingerprint density at radius 2 is 2.05 bits per heavy atom. The summed E-state index contributed by atoms with van der Waals surface area (Å²) in [6.07, 6.45) is -3.65. The van der Waals surface area contributed by atoms with Gasteiger partial charge in [0, 0.05) is 11.3 Å². The normalized spacial score (nSPS) is 16.7. The van der Waals surface area contributed by atoms with E-state index in [1.807, 2.05) is 0 Å². The van der Waals surface area contributed by atoms with Crippen molar-refractivity contribution in [3.63, 3.8) is 0 Å². The van der Waals surface area contributed by atoms with Gasteiger partial charge in [-0.15, -0.1) is 0 Å². The first kappa shape index (κ1) is 16.3. The number of benzene rings is 1. The van der Waals surface area contributed by atoms with E-state index >= 15 is 0 Å². The molecule has 0 radical (unpaired) electrons. The molecule has 22 heavy (non-hydrogen) atoms. The summed E-state index contributed by atoms with van der Waals surface area (Å²) in [7, 11) is 0. The van der Waals surface area contributed by atoms with E-state index in [1.54, 1.807) is 0 Å². The van der Waals surface area contributed by atoms with E-state index in [4.69, 9.17) is 15.0 Å². The zero-order valence-electron chi connectivity index (χ0n) is 11.0. The lowest BCUT2D eigenvalue weighted by atomic mass is 10.1. The van der Waals surface area contributed by atoms with Gasteiger partial charge in [0.2, 0.25) is 16.2 Å². The van der Waals surface area contributed by atoms with Crippen LogP contribution in [0.4, 0.5) is 18.9 Å². The Balaban J connectivity index is 2.36. The summed E-state index contributed by atoms with van der Waals surface area (Å²) in [5.74, 6) is -0.774. The molecule has 0 aliphatic carbocycles. The number of hydrogen-bond donors (Lipinski definition) is 2. The van der Waals surface area contributed by atoms with Gasteiger partial charge in [0.05, 0.1) is 18.3 Å². The zero-order chi connectivity index (χ0) is 16.5. The average molecular weight is 336 g/mol. The summed E-state index contributed by atoms with van der Waals surface area (Å²) in [5, 5.41) is -0.348. The Bertz CT molecular complexity index is 660. The Kier molecular flexibility index (Phi) is 4.42. The van der Waals surface area contributed by atoms with Crippen LogP contribution in [0.5, 0.6) is 0 Å². The van der Waals surface area contributed by atoms with Gasteiger partial charge < -0.3 is 15.4 Å². The molecule has 0 aromatic heterocycles.